The third kappa shape index (κ3) is 9.16. The highest BCUT2D eigenvalue weighted by molar-refractivity contribution is 5.80. The summed E-state index contributed by atoms with van der Waals surface area (Å²) in [6, 6.07) is 5.96. The number of nitrogens with one attached hydrogen (secondary N) is 1. The zero-order valence-corrected chi connectivity index (χ0v) is 15.3. The van der Waals surface area contributed by atoms with E-state index >= 15 is 0 Å². The Morgan fingerprint density at radius 1 is 1.19 bits per heavy atom. The van der Waals surface area contributed by atoms with Crippen LogP contribution in [0.3, 0.4) is 0 Å². The summed E-state index contributed by atoms with van der Waals surface area (Å²) in [6.07, 6.45) is 9.29. The highest BCUT2D eigenvalue weighted by Gasteiger charge is 2.04. The number of hydrogen-bond acceptors (Lipinski definition) is 2. The van der Waals surface area contributed by atoms with E-state index in [1.165, 1.54) is 37.4 Å². The quantitative estimate of drug-likeness (QED) is 0.618. The van der Waals surface area contributed by atoms with Gasteiger partial charge in [-0.05, 0) is 53.6 Å². The van der Waals surface area contributed by atoms with E-state index in [0.29, 0.717) is 16.7 Å². The van der Waals surface area contributed by atoms with Crippen LogP contribution < -0.4 is 11.1 Å². The van der Waals surface area contributed by atoms with Crippen molar-refractivity contribution in [2.45, 2.75) is 13.3 Å². The van der Waals surface area contributed by atoms with Crippen molar-refractivity contribution in [2.75, 3.05) is 6.54 Å². The molecular formula is C22H24F2N2O. The van der Waals surface area contributed by atoms with E-state index in [2.05, 4.69) is 18.5 Å². The lowest BCUT2D eigenvalue weighted by molar-refractivity contribution is -0.120. The Hall–Kier alpha value is -3.21. The van der Waals surface area contributed by atoms with Crippen LogP contribution in [0.15, 0.2) is 91.0 Å². The second-order valence-electron chi connectivity index (χ2n) is 5.83. The van der Waals surface area contributed by atoms with Gasteiger partial charge in [-0.15, -0.1) is 0 Å². The number of halogens is 2. The van der Waals surface area contributed by atoms with Crippen molar-refractivity contribution >= 4 is 11.5 Å². The highest BCUT2D eigenvalue weighted by atomic mass is 19.1. The van der Waals surface area contributed by atoms with Crippen molar-refractivity contribution in [2.24, 2.45) is 5.73 Å². The molecule has 1 rings (SSSR count). The largest absolute Gasteiger partial charge is 0.404 e. The molecule has 0 bridgehead atoms. The molecular weight excluding hydrogens is 346 g/mol. The maximum Gasteiger partial charge on any atom is 0.224 e. The number of nitrogens with two attached hydrogens (primary N) is 1. The van der Waals surface area contributed by atoms with E-state index < -0.39 is 0 Å². The minimum absolute atomic E-state index is 0.0875. The van der Waals surface area contributed by atoms with Gasteiger partial charge in [0.25, 0.3) is 0 Å². The van der Waals surface area contributed by atoms with Crippen LogP contribution in [0, 0.1) is 5.82 Å². The fourth-order valence-corrected chi connectivity index (χ4v) is 1.98. The summed E-state index contributed by atoms with van der Waals surface area (Å²) in [4.78, 5) is 12.0. The SMILES string of the molecule is C=C(/C=C\C=C(/C)F)CNC(=O)CC(/C=C\C(=C)c1ccc(F)cc1)=C/N. The van der Waals surface area contributed by atoms with Gasteiger partial charge in [-0.3, -0.25) is 4.79 Å². The average molecular weight is 370 g/mol. The van der Waals surface area contributed by atoms with Crippen LogP contribution in [0.1, 0.15) is 18.9 Å². The number of amides is 1. The molecule has 0 fully saturated rings. The maximum atomic E-state index is 12.9. The molecule has 0 aliphatic rings. The van der Waals surface area contributed by atoms with Gasteiger partial charge in [0.15, 0.2) is 0 Å². The first-order valence-corrected chi connectivity index (χ1v) is 8.30. The fraction of sp³-hybridized carbons (Fsp3) is 0.136. The zero-order valence-electron chi connectivity index (χ0n) is 15.3. The molecule has 3 nitrogen and oxygen atoms in total. The maximum absolute atomic E-state index is 12.9. The lowest BCUT2D eigenvalue weighted by Crippen LogP contribution is -2.25. The van der Waals surface area contributed by atoms with Crippen molar-refractivity contribution in [1.29, 1.82) is 0 Å². The lowest BCUT2D eigenvalue weighted by Gasteiger charge is -2.06. The van der Waals surface area contributed by atoms with E-state index in [0.717, 1.165) is 5.56 Å². The van der Waals surface area contributed by atoms with E-state index in [4.69, 9.17) is 5.73 Å². The smallest absolute Gasteiger partial charge is 0.224 e. The van der Waals surface area contributed by atoms with Crippen molar-refractivity contribution in [3.63, 3.8) is 0 Å². The number of hydrogen-bond donors (Lipinski definition) is 2. The minimum Gasteiger partial charge on any atom is -0.404 e. The van der Waals surface area contributed by atoms with Gasteiger partial charge in [0.05, 0.1) is 12.2 Å². The van der Waals surface area contributed by atoms with E-state index in [-0.39, 0.29) is 30.5 Å². The summed E-state index contributed by atoms with van der Waals surface area (Å²) in [5.41, 5.74) is 8.26. The zero-order chi connectivity index (χ0) is 20.2. The first-order valence-electron chi connectivity index (χ1n) is 8.30. The van der Waals surface area contributed by atoms with E-state index in [1.54, 1.807) is 30.4 Å². The van der Waals surface area contributed by atoms with Crippen LogP contribution in [0.25, 0.3) is 5.57 Å². The monoisotopic (exact) mass is 370 g/mol. The molecule has 27 heavy (non-hydrogen) atoms. The molecule has 142 valence electrons. The van der Waals surface area contributed by atoms with Crippen LogP contribution in [0.5, 0.6) is 0 Å². The molecule has 0 aliphatic carbocycles. The molecule has 0 unspecified atom stereocenters. The summed E-state index contributed by atoms with van der Waals surface area (Å²) < 4.78 is 25.5. The molecule has 0 atom stereocenters. The summed E-state index contributed by atoms with van der Waals surface area (Å²) in [7, 11) is 0. The molecule has 0 saturated heterocycles. The Morgan fingerprint density at radius 3 is 2.44 bits per heavy atom. The van der Waals surface area contributed by atoms with Crippen molar-refractivity contribution in [3.05, 3.63) is 102 Å². The molecule has 3 N–H and O–H groups in total. The highest BCUT2D eigenvalue weighted by Crippen LogP contribution is 2.15. The Bertz CT molecular complexity index is 796. The Labute approximate surface area is 159 Å². The molecule has 0 aliphatic heterocycles. The number of allylic oxidation sites excluding steroid dienone is 6. The van der Waals surface area contributed by atoms with Gasteiger partial charge in [-0.1, -0.05) is 49.6 Å². The molecule has 0 radical (unpaired) electrons. The molecule has 1 amide bonds. The predicted molar refractivity (Wildman–Crippen MR) is 108 cm³/mol. The number of carbonyl (C=O) groups excluding carboxylic acids is 1. The van der Waals surface area contributed by atoms with Gasteiger partial charge in [0, 0.05) is 6.54 Å². The second-order valence-corrected chi connectivity index (χ2v) is 5.83. The number of benzene rings is 1. The first kappa shape index (κ1) is 21.8. The van der Waals surface area contributed by atoms with Crippen LogP contribution in [-0.4, -0.2) is 12.5 Å². The average Bonchev–Trinajstić information content (AvgIpc) is 2.63. The van der Waals surface area contributed by atoms with Gasteiger partial charge >= 0.3 is 0 Å². The van der Waals surface area contributed by atoms with Crippen molar-refractivity contribution in [3.8, 4) is 0 Å². The van der Waals surface area contributed by atoms with Crippen molar-refractivity contribution in [1.82, 2.24) is 5.32 Å². The Kier molecular flexibility index (Phi) is 9.23. The lowest BCUT2D eigenvalue weighted by atomic mass is 10.1. The summed E-state index contributed by atoms with van der Waals surface area (Å²) in [6.45, 7) is 9.28. The van der Waals surface area contributed by atoms with E-state index in [1.807, 2.05) is 0 Å². The Balaban J connectivity index is 2.52. The van der Waals surface area contributed by atoms with Crippen LogP contribution in [0.2, 0.25) is 0 Å². The summed E-state index contributed by atoms with van der Waals surface area (Å²) in [5, 5.41) is 2.71. The molecule has 0 spiro atoms. The van der Waals surface area contributed by atoms with Crippen LogP contribution in [0.4, 0.5) is 8.78 Å². The third-order valence-corrected chi connectivity index (χ3v) is 3.46. The third-order valence-electron chi connectivity index (χ3n) is 3.46. The molecule has 0 saturated carbocycles. The predicted octanol–water partition coefficient (Wildman–Crippen LogP) is 4.73. The van der Waals surface area contributed by atoms with Crippen LogP contribution in [-0.2, 0) is 4.79 Å². The fourth-order valence-electron chi connectivity index (χ4n) is 1.98. The van der Waals surface area contributed by atoms with Gasteiger partial charge in [0.1, 0.15) is 5.82 Å². The first-order chi connectivity index (χ1) is 12.8. The topological polar surface area (TPSA) is 55.1 Å². The standard InChI is InChI=1S/C22H24F2N2O/c1-16(5-4-6-18(3)23)15-26-22(27)13-19(14-25)8-7-17(2)20-9-11-21(24)12-10-20/h4-12,14H,1-2,13,15,25H2,3H3,(H,26,27)/b5-4-,8-7-,18-6+,19-14+. The molecule has 0 heterocycles. The summed E-state index contributed by atoms with van der Waals surface area (Å²) in [5.74, 6) is -0.854. The van der Waals surface area contributed by atoms with Crippen molar-refractivity contribution < 1.29 is 13.6 Å². The second kappa shape index (κ2) is 11.4. The number of rotatable bonds is 9. The van der Waals surface area contributed by atoms with Gasteiger partial charge < -0.3 is 11.1 Å². The minimum atomic E-state index is -0.318. The normalized spacial score (nSPS) is 12.6. The summed E-state index contributed by atoms with van der Waals surface area (Å²) >= 11 is 0. The Morgan fingerprint density at radius 2 is 1.85 bits per heavy atom. The molecule has 5 heteroatoms. The molecule has 0 aromatic heterocycles. The number of carbonyl (C=O) groups is 1. The van der Waals surface area contributed by atoms with Crippen LogP contribution >= 0.6 is 0 Å². The molecule has 1 aromatic rings. The van der Waals surface area contributed by atoms with E-state index in [9.17, 15) is 13.6 Å². The van der Waals surface area contributed by atoms with Gasteiger partial charge in [-0.2, -0.15) is 0 Å². The van der Waals surface area contributed by atoms with Gasteiger partial charge in [0.2, 0.25) is 5.91 Å². The molecule has 1 aromatic carbocycles. The van der Waals surface area contributed by atoms with Gasteiger partial charge in [-0.25, -0.2) is 8.78 Å².